The smallest absolute Gasteiger partial charge is 0.333 e. The SMILES string of the molecule is CC(C)(C)c1ccc(N2B3c4c(cc(C(C)(C)C)cc4-n4c5ccc6c7cc(C(C)(C)C)ccc7n(-c7ccc(C(C)(C)C)cc7)c6c5c5cc(C(C)(C)C)cc3c54)C3=C2c2cc(C(C)(C)C)ccc2C3(C)C)cc1. The first-order valence-corrected chi connectivity index (χ1v) is 28.0. The number of fused-ring (bicyclic) bond motifs is 12. The van der Waals surface area contributed by atoms with Crippen molar-refractivity contribution in [2.24, 2.45) is 0 Å². The first kappa shape index (κ1) is 49.6. The molecule has 0 spiro atoms. The second-order valence-corrected chi connectivity index (χ2v) is 29.7. The Kier molecular flexibility index (Phi) is 10.2. The van der Waals surface area contributed by atoms with Crippen molar-refractivity contribution < 1.29 is 0 Å². The number of hydrogen-bond acceptors (Lipinski definition) is 1. The van der Waals surface area contributed by atoms with E-state index in [2.05, 4.69) is 274 Å². The fourth-order valence-electron chi connectivity index (χ4n) is 13.2. The van der Waals surface area contributed by atoms with E-state index in [0.717, 1.165) is 0 Å². The number of allylic oxidation sites excluding steroid dienone is 1. The summed E-state index contributed by atoms with van der Waals surface area (Å²) in [5.74, 6) is 0. The minimum atomic E-state index is -0.275. The lowest BCUT2D eigenvalue weighted by Gasteiger charge is -2.44. The molecule has 0 radical (unpaired) electrons. The summed E-state index contributed by atoms with van der Waals surface area (Å²) in [4.78, 5) is 2.81. The molecule has 382 valence electrons. The molecule has 12 rings (SSSR count). The van der Waals surface area contributed by atoms with Gasteiger partial charge in [-0.1, -0.05) is 199 Å². The second-order valence-electron chi connectivity index (χ2n) is 29.7. The van der Waals surface area contributed by atoms with Crippen molar-refractivity contribution in [1.29, 1.82) is 0 Å². The summed E-state index contributed by atoms with van der Waals surface area (Å²) < 4.78 is 5.33. The molecule has 9 aromatic rings. The fraction of sp³-hybridized carbons (Fsp3) is 0.380. The van der Waals surface area contributed by atoms with Gasteiger partial charge in [0.1, 0.15) is 0 Å². The maximum atomic E-state index is 2.81. The normalized spacial score (nSPS) is 15.7. The highest BCUT2D eigenvalue weighted by Gasteiger charge is 2.52. The molecule has 1 aliphatic carbocycles. The van der Waals surface area contributed by atoms with E-state index in [1.807, 2.05) is 0 Å². The van der Waals surface area contributed by atoms with Gasteiger partial charge in [0.25, 0.3) is 0 Å². The van der Waals surface area contributed by atoms with Crippen molar-refractivity contribution in [1.82, 2.24) is 9.13 Å². The maximum absolute atomic E-state index is 2.81. The van der Waals surface area contributed by atoms with Crippen molar-refractivity contribution in [3.05, 3.63) is 171 Å². The van der Waals surface area contributed by atoms with Gasteiger partial charge in [-0.05, 0) is 154 Å². The van der Waals surface area contributed by atoms with Crippen molar-refractivity contribution in [2.45, 2.75) is 176 Å². The first-order chi connectivity index (χ1) is 34.8. The van der Waals surface area contributed by atoms with Crippen molar-refractivity contribution >= 4 is 78.3 Å². The van der Waals surface area contributed by atoms with Crippen LogP contribution in [0.3, 0.4) is 0 Å². The average Bonchev–Trinajstić information content (AvgIpc) is 3.98. The van der Waals surface area contributed by atoms with Gasteiger partial charge in [-0.25, -0.2) is 0 Å². The molecule has 4 heteroatoms. The molecular formula is C71H80BN3. The summed E-state index contributed by atoms with van der Waals surface area (Å²) in [7, 11) is 0. The zero-order chi connectivity index (χ0) is 53.8. The zero-order valence-corrected chi connectivity index (χ0v) is 49.0. The summed E-state index contributed by atoms with van der Waals surface area (Å²) >= 11 is 0. The molecule has 0 saturated heterocycles. The minimum Gasteiger partial charge on any atom is -0.376 e. The molecular weight excluding hydrogens is 906 g/mol. The summed E-state index contributed by atoms with van der Waals surface area (Å²) in [5.41, 5.74) is 26.2. The van der Waals surface area contributed by atoms with E-state index < -0.39 is 0 Å². The third kappa shape index (κ3) is 7.27. The maximum Gasteiger partial charge on any atom is 0.333 e. The molecule has 2 aliphatic heterocycles. The molecule has 0 saturated carbocycles. The Balaban J connectivity index is 1.29. The van der Waals surface area contributed by atoms with Crippen molar-refractivity contribution in [2.75, 3.05) is 4.81 Å². The highest BCUT2D eigenvalue weighted by atomic mass is 15.1. The van der Waals surface area contributed by atoms with Crippen LogP contribution in [-0.4, -0.2) is 16.0 Å². The van der Waals surface area contributed by atoms with Gasteiger partial charge >= 0.3 is 6.85 Å². The van der Waals surface area contributed by atoms with Gasteiger partial charge in [-0.3, -0.25) is 0 Å². The van der Waals surface area contributed by atoms with Crippen LogP contribution in [-0.2, 0) is 37.9 Å². The molecule has 0 unspecified atom stereocenters. The third-order valence-corrected chi connectivity index (χ3v) is 17.8. The second kappa shape index (κ2) is 15.5. The molecule has 0 N–H and O–H groups in total. The van der Waals surface area contributed by atoms with Crippen LogP contribution >= 0.6 is 0 Å². The molecule has 75 heavy (non-hydrogen) atoms. The monoisotopic (exact) mass is 986 g/mol. The Labute approximate surface area is 449 Å². The number of aromatic nitrogens is 2. The highest BCUT2D eigenvalue weighted by molar-refractivity contribution is 6.94. The third-order valence-electron chi connectivity index (χ3n) is 17.8. The molecule has 7 aromatic carbocycles. The first-order valence-electron chi connectivity index (χ1n) is 28.0. The largest absolute Gasteiger partial charge is 0.376 e. The van der Waals surface area contributed by atoms with Crippen LogP contribution in [0, 0.1) is 0 Å². The van der Waals surface area contributed by atoms with Crippen molar-refractivity contribution in [3.63, 3.8) is 0 Å². The van der Waals surface area contributed by atoms with Gasteiger partial charge in [0.15, 0.2) is 0 Å². The van der Waals surface area contributed by atoms with E-state index in [0.29, 0.717) is 0 Å². The fourth-order valence-corrected chi connectivity index (χ4v) is 13.2. The predicted octanol–water partition coefficient (Wildman–Crippen LogP) is 17.8. The van der Waals surface area contributed by atoms with Crippen molar-refractivity contribution in [3.8, 4) is 11.4 Å². The average molecular weight is 986 g/mol. The van der Waals surface area contributed by atoms with E-state index in [1.54, 1.807) is 0 Å². The summed E-state index contributed by atoms with van der Waals surface area (Å²) in [6.45, 7) is 47.3. The zero-order valence-electron chi connectivity index (χ0n) is 49.0. The standard InChI is InChI=1S/C71H80BN3/c1-65(2,3)41-21-27-47(28-22-41)73-56-33-26-44(68(10,11)12)35-50(56)49-31-34-57-59(63(49)73)52-37-45(69(13,14)15)39-55-62(52)74(57)58-40-46(70(16,17)18)38-53-60-64(51-36-43(67(7,8)9)25-32-54(51)71(60,19)20)75(72(55)61(53)58)48-29-23-42(24-30-48)66(4,5)6/h21-40H,1-20H3. The molecule has 0 amide bonds. The predicted molar refractivity (Wildman–Crippen MR) is 328 cm³/mol. The quantitative estimate of drug-likeness (QED) is 0.157. The number of benzene rings is 7. The topological polar surface area (TPSA) is 13.1 Å². The molecule has 0 atom stereocenters. The molecule has 0 bridgehead atoms. The molecule has 4 heterocycles. The summed E-state index contributed by atoms with van der Waals surface area (Å²) in [5, 5.41) is 5.24. The van der Waals surface area contributed by atoms with E-state index in [4.69, 9.17) is 0 Å². The van der Waals surface area contributed by atoms with E-state index in [1.165, 1.54) is 133 Å². The van der Waals surface area contributed by atoms with Crippen LogP contribution in [0.5, 0.6) is 0 Å². The molecule has 3 nitrogen and oxygen atoms in total. The Morgan fingerprint density at radius 2 is 0.867 bits per heavy atom. The lowest BCUT2D eigenvalue weighted by molar-refractivity contribution is 0.588. The van der Waals surface area contributed by atoms with Gasteiger partial charge in [0, 0.05) is 55.3 Å². The van der Waals surface area contributed by atoms with Crippen LogP contribution in [0.1, 0.15) is 189 Å². The van der Waals surface area contributed by atoms with Gasteiger partial charge in [-0.2, -0.15) is 0 Å². The van der Waals surface area contributed by atoms with Crippen LogP contribution in [0.25, 0.3) is 66.3 Å². The minimum absolute atomic E-state index is 0.00350. The number of hydrogen-bond donors (Lipinski definition) is 0. The van der Waals surface area contributed by atoms with Gasteiger partial charge in [-0.15, -0.1) is 0 Å². The van der Waals surface area contributed by atoms with Gasteiger partial charge < -0.3 is 13.9 Å². The lowest BCUT2D eigenvalue weighted by atomic mass is 9.43. The van der Waals surface area contributed by atoms with E-state index >= 15 is 0 Å². The molecule has 0 fully saturated rings. The van der Waals surface area contributed by atoms with Crippen LogP contribution in [0.2, 0.25) is 0 Å². The molecule has 3 aliphatic rings. The highest BCUT2D eigenvalue weighted by Crippen LogP contribution is 2.57. The van der Waals surface area contributed by atoms with Crippen LogP contribution in [0.15, 0.2) is 121 Å². The van der Waals surface area contributed by atoms with E-state index in [9.17, 15) is 0 Å². The number of rotatable bonds is 2. The van der Waals surface area contributed by atoms with Gasteiger partial charge in [0.05, 0.1) is 22.1 Å². The summed E-state index contributed by atoms with van der Waals surface area (Å²) in [6.07, 6.45) is 0. The Bertz CT molecular complexity index is 3930. The summed E-state index contributed by atoms with van der Waals surface area (Å²) in [6, 6.07) is 49.2. The van der Waals surface area contributed by atoms with Crippen LogP contribution < -0.4 is 15.7 Å². The Morgan fingerprint density at radius 1 is 0.387 bits per heavy atom. The Morgan fingerprint density at radius 3 is 1.44 bits per heavy atom. The van der Waals surface area contributed by atoms with Crippen LogP contribution in [0.4, 0.5) is 5.69 Å². The number of anilines is 1. The molecule has 2 aromatic heterocycles. The van der Waals surface area contributed by atoms with Gasteiger partial charge in [0.2, 0.25) is 0 Å². The number of nitrogens with zero attached hydrogens (tertiary/aromatic N) is 3. The Hall–Kier alpha value is -6.26. The lowest BCUT2D eigenvalue weighted by Crippen LogP contribution is -2.62. The van der Waals surface area contributed by atoms with E-state index in [-0.39, 0.29) is 44.8 Å².